The normalized spacial score (nSPS) is 19.4. The summed E-state index contributed by atoms with van der Waals surface area (Å²) < 4.78 is 41.0. The Morgan fingerprint density at radius 1 is 1.02 bits per heavy atom. The van der Waals surface area contributed by atoms with Gasteiger partial charge in [-0.25, -0.2) is 15.0 Å². The minimum absolute atomic E-state index is 0.0157. The van der Waals surface area contributed by atoms with Crippen LogP contribution in [0.5, 0.6) is 0 Å². The number of nitrogens with one attached hydrogen (secondary N) is 1. The highest BCUT2D eigenvalue weighted by Gasteiger charge is 2.39. The van der Waals surface area contributed by atoms with E-state index in [0.29, 0.717) is 29.1 Å². The van der Waals surface area contributed by atoms with Crippen molar-refractivity contribution in [2.24, 2.45) is 5.92 Å². The van der Waals surface area contributed by atoms with Crippen LogP contribution in [-0.2, 0) is 11.0 Å². The molecular weight excluding hydrogens is 535 g/mol. The Balaban J connectivity index is 1.27. The molecule has 2 atom stereocenters. The summed E-state index contributed by atoms with van der Waals surface area (Å²) in [6.45, 7) is 2.67. The van der Waals surface area contributed by atoms with E-state index in [1.807, 2.05) is 15.5 Å². The van der Waals surface area contributed by atoms with E-state index in [1.54, 1.807) is 30.5 Å². The molecule has 1 aliphatic carbocycles. The summed E-state index contributed by atoms with van der Waals surface area (Å²) in [5.41, 5.74) is 7.55. The number of hydrogen-bond donors (Lipinski definition) is 2. The molecule has 41 heavy (non-hydrogen) atoms. The van der Waals surface area contributed by atoms with Gasteiger partial charge < -0.3 is 16.0 Å². The molecule has 0 radical (unpaired) electrons. The molecule has 9 nitrogen and oxygen atoms in total. The maximum absolute atomic E-state index is 13.0. The maximum atomic E-state index is 13.0. The molecule has 4 heterocycles. The van der Waals surface area contributed by atoms with Crippen molar-refractivity contribution in [1.29, 1.82) is 0 Å². The topological polar surface area (TPSA) is 119 Å². The molecule has 6 rings (SSSR count). The summed E-state index contributed by atoms with van der Waals surface area (Å²) in [6, 6.07) is 8.35. The third-order valence-corrected chi connectivity index (χ3v) is 7.82. The van der Waals surface area contributed by atoms with Crippen LogP contribution in [0.2, 0.25) is 0 Å². The number of aromatic nitrogens is 4. The van der Waals surface area contributed by atoms with Gasteiger partial charge in [-0.2, -0.15) is 13.2 Å². The van der Waals surface area contributed by atoms with Gasteiger partial charge in [-0.3, -0.25) is 14.0 Å². The maximum Gasteiger partial charge on any atom is 0.416 e. The van der Waals surface area contributed by atoms with Crippen molar-refractivity contribution >= 4 is 29.0 Å². The van der Waals surface area contributed by atoms with Gasteiger partial charge in [0.1, 0.15) is 28.7 Å². The molecule has 1 unspecified atom stereocenters. The predicted octanol–water partition coefficient (Wildman–Crippen LogP) is 5.15. The summed E-state index contributed by atoms with van der Waals surface area (Å²) in [5, 5.41) is 2.41. The number of likely N-dealkylation sites (tertiary alicyclic amines) is 1. The first kappa shape index (κ1) is 26.7. The van der Waals surface area contributed by atoms with Gasteiger partial charge in [0.15, 0.2) is 0 Å². The van der Waals surface area contributed by atoms with Crippen LogP contribution in [0.25, 0.3) is 16.8 Å². The van der Waals surface area contributed by atoms with Gasteiger partial charge in [-0.1, -0.05) is 12.1 Å². The van der Waals surface area contributed by atoms with Crippen molar-refractivity contribution in [2.45, 2.75) is 50.7 Å². The first-order chi connectivity index (χ1) is 19.6. The Kier molecular flexibility index (Phi) is 6.63. The number of nitrogens with zero attached hydrogens (tertiary/aromatic N) is 5. The molecule has 3 aromatic heterocycles. The number of halogens is 3. The fourth-order valence-electron chi connectivity index (χ4n) is 5.41. The number of anilines is 2. The van der Waals surface area contributed by atoms with Crippen molar-refractivity contribution in [2.75, 3.05) is 17.6 Å². The highest BCUT2D eigenvalue weighted by atomic mass is 19.4. The average molecular weight is 564 g/mol. The first-order valence-electron chi connectivity index (χ1n) is 13.5. The predicted molar refractivity (Wildman–Crippen MR) is 146 cm³/mol. The lowest BCUT2D eigenvalue weighted by atomic mass is 9.92. The van der Waals surface area contributed by atoms with Gasteiger partial charge in [0.05, 0.1) is 5.56 Å². The Hall–Kier alpha value is -4.48. The number of benzene rings is 1. The Morgan fingerprint density at radius 3 is 2.49 bits per heavy atom. The van der Waals surface area contributed by atoms with Crippen LogP contribution < -0.4 is 11.1 Å². The quantitative estimate of drug-likeness (QED) is 0.347. The molecule has 1 aliphatic heterocycles. The van der Waals surface area contributed by atoms with E-state index in [0.717, 1.165) is 49.8 Å². The summed E-state index contributed by atoms with van der Waals surface area (Å²) in [5.74, 6) is 0.672. The van der Waals surface area contributed by atoms with Crippen LogP contribution in [0.1, 0.15) is 60.3 Å². The number of hydrogen-bond acceptors (Lipinski definition) is 6. The number of nitrogens with two attached hydrogens (primary N) is 1. The number of nitrogen functional groups attached to an aromatic ring is 1. The third kappa shape index (κ3) is 5.21. The molecule has 1 aromatic carbocycles. The molecule has 3 N–H and O–H groups in total. The van der Waals surface area contributed by atoms with Crippen molar-refractivity contribution < 1.29 is 22.8 Å². The van der Waals surface area contributed by atoms with Crippen LogP contribution >= 0.6 is 0 Å². The zero-order chi connectivity index (χ0) is 28.9. The number of carbonyl (C=O) groups excluding carboxylic acids is 2. The number of carbonyl (C=O) groups is 2. The van der Waals surface area contributed by atoms with Crippen LogP contribution in [0.3, 0.4) is 0 Å². The van der Waals surface area contributed by atoms with Gasteiger partial charge in [0.25, 0.3) is 5.91 Å². The Bertz CT molecular complexity index is 1630. The van der Waals surface area contributed by atoms with E-state index in [2.05, 4.69) is 22.2 Å². The Morgan fingerprint density at radius 2 is 1.78 bits per heavy atom. The summed E-state index contributed by atoms with van der Waals surface area (Å²) >= 11 is 0. The van der Waals surface area contributed by atoms with Crippen LogP contribution in [0.4, 0.5) is 24.8 Å². The van der Waals surface area contributed by atoms with Crippen LogP contribution in [0.15, 0.2) is 55.0 Å². The number of alkyl halides is 3. The molecular formula is C29H28F3N7O2. The van der Waals surface area contributed by atoms with Crippen molar-refractivity contribution in [1.82, 2.24) is 24.3 Å². The monoisotopic (exact) mass is 563 g/mol. The van der Waals surface area contributed by atoms with Crippen LogP contribution in [0, 0.1) is 5.92 Å². The zero-order valence-electron chi connectivity index (χ0n) is 22.2. The number of pyridine rings is 1. The standard InChI is InChI=1S/C29H28F3N7O2/c1-16-2-3-20(15-39(16)28(41)19-8-9-19)26-37-23(24-25(33)35-12-13-38(24)26)17-4-6-18(7-5-17)27(40)36-22-14-21(10-11-34-22)29(30,31)32/h4-7,10-14,16,19-20H,2-3,8-9,15H2,1H3,(H2,33,35)(H,34,36,40)/t16-,20?/m1/s1. The number of piperidine rings is 1. The SMILES string of the molecule is C[C@@H]1CCC(c2nc(-c3ccc(C(=O)Nc4cc(C(F)(F)F)ccn4)cc3)c3c(N)nccn23)CN1C(=O)C1CC1. The number of fused-ring (bicyclic) bond motifs is 1. The largest absolute Gasteiger partial charge is 0.416 e. The molecule has 2 fully saturated rings. The van der Waals surface area contributed by atoms with Crippen molar-refractivity contribution in [3.63, 3.8) is 0 Å². The fourth-order valence-corrected chi connectivity index (χ4v) is 5.41. The number of imidazole rings is 1. The molecule has 0 spiro atoms. The molecule has 12 heteroatoms. The lowest BCUT2D eigenvalue weighted by Crippen LogP contribution is -2.45. The van der Waals surface area contributed by atoms with Crippen LogP contribution in [-0.4, -0.2) is 48.7 Å². The number of rotatable bonds is 5. The zero-order valence-corrected chi connectivity index (χ0v) is 22.2. The summed E-state index contributed by atoms with van der Waals surface area (Å²) in [7, 11) is 0. The van der Waals surface area contributed by atoms with Crippen molar-refractivity contribution in [3.05, 3.63) is 71.9 Å². The van der Waals surface area contributed by atoms with E-state index in [-0.39, 0.29) is 35.2 Å². The first-order valence-corrected chi connectivity index (χ1v) is 13.5. The van der Waals surface area contributed by atoms with Crippen molar-refractivity contribution in [3.8, 4) is 11.3 Å². The highest BCUT2D eigenvalue weighted by Crippen LogP contribution is 2.38. The second-order valence-corrected chi connectivity index (χ2v) is 10.7. The molecule has 2 aliphatic rings. The number of amides is 2. The molecule has 1 saturated heterocycles. The molecule has 2 amide bonds. The van der Waals surface area contributed by atoms with E-state index in [1.165, 1.54) is 0 Å². The Labute approximate surface area is 233 Å². The van der Waals surface area contributed by atoms with E-state index in [9.17, 15) is 22.8 Å². The average Bonchev–Trinajstić information content (AvgIpc) is 3.73. The van der Waals surface area contributed by atoms with Gasteiger partial charge in [-0.05, 0) is 56.9 Å². The molecule has 212 valence electrons. The van der Waals surface area contributed by atoms with Gasteiger partial charge in [0.2, 0.25) is 5.91 Å². The highest BCUT2D eigenvalue weighted by molar-refractivity contribution is 6.04. The second kappa shape index (κ2) is 10.2. The minimum atomic E-state index is -4.55. The third-order valence-electron chi connectivity index (χ3n) is 7.82. The smallest absolute Gasteiger partial charge is 0.382 e. The van der Waals surface area contributed by atoms with Gasteiger partial charge in [-0.15, -0.1) is 0 Å². The second-order valence-electron chi connectivity index (χ2n) is 10.7. The molecule has 0 bridgehead atoms. The van der Waals surface area contributed by atoms with E-state index < -0.39 is 17.6 Å². The fraction of sp³-hybridized carbons (Fsp3) is 0.345. The summed E-state index contributed by atoms with van der Waals surface area (Å²) in [6.07, 6.45) is 3.53. The van der Waals surface area contributed by atoms with Gasteiger partial charge in [0, 0.05) is 54.1 Å². The van der Waals surface area contributed by atoms with Gasteiger partial charge >= 0.3 is 6.18 Å². The van der Waals surface area contributed by atoms with E-state index >= 15 is 0 Å². The van der Waals surface area contributed by atoms with E-state index in [4.69, 9.17) is 10.7 Å². The summed E-state index contributed by atoms with van der Waals surface area (Å²) in [4.78, 5) is 40.7. The lowest BCUT2D eigenvalue weighted by molar-refractivity contribution is -0.138. The molecule has 1 saturated carbocycles. The lowest BCUT2D eigenvalue weighted by Gasteiger charge is -2.37. The minimum Gasteiger partial charge on any atom is -0.382 e. The molecule has 4 aromatic rings.